The molecular weight excluding hydrogens is 256 g/mol. The van der Waals surface area contributed by atoms with Gasteiger partial charge in [0, 0.05) is 13.0 Å². The van der Waals surface area contributed by atoms with E-state index in [1.165, 1.54) is 4.90 Å². The third-order valence-electron chi connectivity index (χ3n) is 3.46. The number of hydrogen-bond acceptors (Lipinski definition) is 4. The van der Waals surface area contributed by atoms with E-state index < -0.39 is 5.41 Å². The largest absolute Gasteiger partial charge is 0.492 e. The second-order valence-corrected chi connectivity index (χ2v) is 5.61. The van der Waals surface area contributed by atoms with Crippen LogP contribution in [0, 0.1) is 5.41 Å². The van der Waals surface area contributed by atoms with Crippen molar-refractivity contribution in [3.8, 4) is 5.75 Å². The van der Waals surface area contributed by atoms with Crippen LogP contribution in [0.3, 0.4) is 0 Å². The summed E-state index contributed by atoms with van der Waals surface area (Å²) in [6.07, 6.45) is 0.275. The van der Waals surface area contributed by atoms with Crippen molar-refractivity contribution in [2.75, 3.05) is 13.2 Å². The standard InChI is InChI=1S/C15H20N2O3/c1-15(2)9-13(18)17(14(15)19)7-8-20-12-5-3-11(10-16)4-6-12/h3-6H,7-10,16H2,1-2H3. The molecule has 0 saturated carbocycles. The monoisotopic (exact) mass is 276 g/mol. The SMILES string of the molecule is CC1(C)CC(=O)N(CCOc2ccc(CN)cc2)C1=O. The van der Waals surface area contributed by atoms with Gasteiger partial charge in [0.15, 0.2) is 0 Å². The molecule has 108 valence electrons. The highest BCUT2D eigenvalue weighted by Gasteiger charge is 2.44. The maximum atomic E-state index is 12.0. The van der Waals surface area contributed by atoms with Gasteiger partial charge in [-0.1, -0.05) is 26.0 Å². The van der Waals surface area contributed by atoms with E-state index >= 15 is 0 Å². The lowest BCUT2D eigenvalue weighted by Crippen LogP contribution is -2.36. The lowest BCUT2D eigenvalue weighted by molar-refractivity contribution is -0.141. The highest BCUT2D eigenvalue weighted by atomic mass is 16.5. The van der Waals surface area contributed by atoms with Gasteiger partial charge in [-0.05, 0) is 17.7 Å². The first kappa shape index (κ1) is 14.5. The Labute approximate surface area is 118 Å². The summed E-state index contributed by atoms with van der Waals surface area (Å²) in [5, 5.41) is 0. The lowest BCUT2D eigenvalue weighted by Gasteiger charge is -2.17. The number of hydrogen-bond donors (Lipinski definition) is 1. The number of rotatable bonds is 5. The average molecular weight is 276 g/mol. The Balaban J connectivity index is 1.86. The highest BCUT2D eigenvalue weighted by Crippen LogP contribution is 2.31. The summed E-state index contributed by atoms with van der Waals surface area (Å²) in [6.45, 7) is 4.67. The van der Waals surface area contributed by atoms with Gasteiger partial charge in [-0.3, -0.25) is 14.5 Å². The van der Waals surface area contributed by atoms with E-state index in [1.54, 1.807) is 13.8 Å². The van der Waals surface area contributed by atoms with E-state index in [-0.39, 0.29) is 18.2 Å². The number of amides is 2. The molecule has 0 aromatic heterocycles. The van der Waals surface area contributed by atoms with Crippen LogP contribution in [-0.4, -0.2) is 29.9 Å². The molecule has 1 heterocycles. The second-order valence-electron chi connectivity index (χ2n) is 5.61. The van der Waals surface area contributed by atoms with Crippen molar-refractivity contribution in [3.05, 3.63) is 29.8 Å². The van der Waals surface area contributed by atoms with Gasteiger partial charge in [-0.25, -0.2) is 0 Å². The Bertz CT molecular complexity index is 508. The highest BCUT2D eigenvalue weighted by molar-refractivity contribution is 6.05. The van der Waals surface area contributed by atoms with Crippen molar-refractivity contribution in [1.82, 2.24) is 4.90 Å². The van der Waals surface area contributed by atoms with Crippen LogP contribution in [0.2, 0.25) is 0 Å². The smallest absolute Gasteiger partial charge is 0.235 e. The van der Waals surface area contributed by atoms with Crippen LogP contribution in [0.4, 0.5) is 0 Å². The van der Waals surface area contributed by atoms with Gasteiger partial charge >= 0.3 is 0 Å². The number of benzene rings is 1. The minimum absolute atomic E-state index is 0.121. The Hall–Kier alpha value is -1.88. The summed E-state index contributed by atoms with van der Waals surface area (Å²) in [5.74, 6) is 0.465. The minimum Gasteiger partial charge on any atom is -0.492 e. The van der Waals surface area contributed by atoms with Crippen molar-refractivity contribution in [1.29, 1.82) is 0 Å². The Kier molecular flexibility index (Phi) is 4.09. The van der Waals surface area contributed by atoms with Crippen LogP contribution in [0.25, 0.3) is 0 Å². The summed E-state index contributed by atoms with van der Waals surface area (Å²) in [6, 6.07) is 7.45. The minimum atomic E-state index is -0.583. The fraction of sp³-hybridized carbons (Fsp3) is 0.467. The number of carbonyl (C=O) groups is 2. The van der Waals surface area contributed by atoms with Gasteiger partial charge in [-0.15, -0.1) is 0 Å². The predicted octanol–water partition coefficient (Wildman–Crippen LogP) is 1.31. The molecule has 5 heteroatoms. The molecule has 2 N–H and O–H groups in total. The van der Waals surface area contributed by atoms with Crippen molar-refractivity contribution in [3.63, 3.8) is 0 Å². The topological polar surface area (TPSA) is 72.6 Å². The molecular formula is C15H20N2O3. The van der Waals surface area contributed by atoms with Gasteiger partial charge in [0.05, 0.1) is 12.0 Å². The lowest BCUT2D eigenvalue weighted by atomic mass is 9.92. The van der Waals surface area contributed by atoms with Crippen molar-refractivity contribution in [2.45, 2.75) is 26.8 Å². The molecule has 20 heavy (non-hydrogen) atoms. The van der Waals surface area contributed by atoms with Crippen LogP contribution < -0.4 is 10.5 Å². The molecule has 2 rings (SSSR count). The number of nitrogens with zero attached hydrogens (tertiary/aromatic N) is 1. The predicted molar refractivity (Wildman–Crippen MR) is 74.9 cm³/mol. The first-order valence-electron chi connectivity index (χ1n) is 6.70. The molecule has 0 atom stereocenters. The van der Waals surface area contributed by atoms with Gasteiger partial charge in [0.2, 0.25) is 11.8 Å². The summed E-state index contributed by atoms with van der Waals surface area (Å²) in [5.41, 5.74) is 5.96. The zero-order valence-electron chi connectivity index (χ0n) is 11.9. The van der Waals surface area contributed by atoms with E-state index in [4.69, 9.17) is 10.5 Å². The van der Waals surface area contributed by atoms with Crippen LogP contribution in [-0.2, 0) is 16.1 Å². The quantitative estimate of drug-likeness (QED) is 0.823. The maximum absolute atomic E-state index is 12.0. The van der Waals surface area contributed by atoms with Crippen molar-refractivity contribution in [2.24, 2.45) is 11.1 Å². The number of ether oxygens (including phenoxy) is 1. The third kappa shape index (κ3) is 2.99. The number of nitrogens with two attached hydrogens (primary N) is 1. The molecule has 1 aromatic carbocycles. The number of carbonyl (C=O) groups excluding carboxylic acids is 2. The molecule has 1 aromatic rings. The van der Waals surface area contributed by atoms with E-state index in [2.05, 4.69) is 0 Å². The first-order valence-corrected chi connectivity index (χ1v) is 6.70. The molecule has 0 aliphatic carbocycles. The summed E-state index contributed by atoms with van der Waals surface area (Å²) in [4.78, 5) is 25.0. The second kappa shape index (κ2) is 5.63. The van der Waals surface area contributed by atoms with Crippen LogP contribution in [0.15, 0.2) is 24.3 Å². The van der Waals surface area contributed by atoms with Gasteiger partial charge in [0.25, 0.3) is 0 Å². The molecule has 0 spiro atoms. The van der Waals surface area contributed by atoms with E-state index in [9.17, 15) is 9.59 Å². The van der Waals surface area contributed by atoms with E-state index in [0.29, 0.717) is 25.4 Å². The zero-order valence-corrected chi connectivity index (χ0v) is 11.9. The molecule has 1 aliphatic heterocycles. The zero-order chi connectivity index (χ0) is 14.8. The molecule has 5 nitrogen and oxygen atoms in total. The molecule has 1 fully saturated rings. The molecule has 0 radical (unpaired) electrons. The Morgan fingerprint density at radius 3 is 2.40 bits per heavy atom. The fourth-order valence-corrected chi connectivity index (χ4v) is 2.23. The normalized spacial score (nSPS) is 17.6. The summed E-state index contributed by atoms with van der Waals surface area (Å²) in [7, 11) is 0. The van der Waals surface area contributed by atoms with E-state index in [1.807, 2.05) is 24.3 Å². The fourth-order valence-electron chi connectivity index (χ4n) is 2.23. The Morgan fingerprint density at radius 2 is 1.90 bits per heavy atom. The van der Waals surface area contributed by atoms with Crippen LogP contribution in [0.5, 0.6) is 5.75 Å². The average Bonchev–Trinajstić information content (AvgIpc) is 2.61. The van der Waals surface area contributed by atoms with Gasteiger partial charge < -0.3 is 10.5 Å². The molecule has 2 amide bonds. The van der Waals surface area contributed by atoms with Crippen LogP contribution >= 0.6 is 0 Å². The van der Waals surface area contributed by atoms with Gasteiger partial charge in [0.1, 0.15) is 12.4 Å². The first-order chi connectivity index (χ1) is 9.44. The van der Waals surface area contributed by atoms with Crippen molar-refractivity contribution < 1.29 is 14.3 Å². The molecule has 1 aliphatic rings. The number of likely N-dealkylation sites (tertiary alicyclic amines) is 1. The summed E-state index contributed by atoms with van der Waals surface area (Å²) >= 11 is 0. The molecule has 1 saturated heterocycles. The third-order valence-corrected chi connectivity index (χ3v) is 3.46. The summed E-state index contributed by atoms with van der Waals surface area (Å²) < 4.78 is 5.55. The maximum Gasteiger partial charge on any atom is 0.235 e. The Morgan fingerprint density at radius 1 is 1.25 bits per heavy atom. The molecule has 0 bridgehead atoms. The van der Waals surface area contributed by atoms with Crippen LogP contribution in [0.1, 0.15) is 25.8 Å². The van der Waals surface area contributed by atoms with E-state index in [0.717, 1.165) is 5.56 Å². The van der Waals surface area contributed by atoms with Gasteiger partial charge in [-0.2, -0.15) is 0 Å². The van der Waals surface area contributed by atoms with Crippen molar-refractivity contribution >= 4 is 11.8 Å². The molecule has 0 unspecified atom stereocenters. The number of imide groups is 1.